The Morgan fingerprint density at radius 3 is 3.00 bits per heavy atom. The van der Waals surface area contributed by atoms with Crippen molar-refractivity contribution in [3.63, 3.8) is 0 Å². The average molecular weight is 240 g/mol. The minimum absolute atomic E-state index is 0.408. The van der Waals surface area contributed by atoms with Crippen molar-refractivity contribution >= 4 is 0 Å². The van der Waals surface area contributed by atoms with Crippen molar-refractivity contribution in [1.29, 1.82) is 0 Å². The molecule has 0 saturated carbocycles. The van der Waals surface area contributed by atoms with Crippen LogP contribution in [-0.2, 0) is 0 Å². The molecule has 0 spiro atoms. The van der Waals surface area contributed by atoms with Crippen molar-refractivity contribution in [2.45, 2.75) is 12.3 Å². The van der Waals surface area contributed by atoms with Gasteiger partial charge in [0.15, 0.2) is 0 Å². The van der Waals surface area contributed by atoms with Gasteiger partial charge in [-0.2, -0.15) is 0 Å². The molecular weight excluding hydrogens is 224 g/mol. The summed E-state index contributed by atoms with van der Waals surface area (Å²) in [5.74, 6) is 1.39. The summed E-state index contributed by atoms with van der Waals surface area (Å²) in [6.45, 7) is 1.42. The lowest BCUT2D eigenvalue weighted by Crippen LogP contribution is -2.21. The number of pyridine rings is 1. The van der Waals surface area contributed by atoms with E-state index >= 15 is 0 Å². The molecule has 1 aliphatic rings. The molecule has 1 aliphatic heterocycles. The molecule has 0 saturated heterocycles. The first-order chi connectivity index (χ1) is 8.90. The van der Waals surface area contributed by atoms with Crippen molar-refractivity contribution in [2.75, 3.05) is 13.2 Å². The summed E-state index contributed by atoms with van der Waals surface area (Å²) in [5, 5.41) is 0. The van der Waals surface area contributed by atoms with Crippen molar-refractivity contribution in [3.05, 3.63) is 48.3 Å². The summed E-state index contributed by atoms with van der Waals surface area (Å²) in [6, 6.07) is 10.3. The number of ether oxygens (including phenoxy) is 1. The van der Waals surface area contributed by atoms with E-state index < -0.39 is 0 Å². The Kier molecular flexibility index (Phi) is 2.99. The fourth-order valence-corrected chi connectivity index (χ4v) is 2.49. The minimum atomic E-state index is 0.408. The molecule has 1 aromatic carbocycles. The van der Waals surface area contributed by atoms with Crippen molar-refractivity contribution in [3.8, 4) is 16.9 Å². The number of hydrogen-bond donors (Lipinski definition) is 1. The Labute approximate surface area is 107 Å². The van der Waals surface area contributed by atoms with Gasteiger partial charge in [-0.05, 0) is 24.6 Å². The molecule has 3 nitrogen and oxygen atoms in total. The number of nitrogens with two attached hydrogens (primary N) is 1. The number of benzene rings is 1. The Balaban J connectivity index is 2.12. The second-order valence-electron chi connectivity index (χ2n) is 4.54. The Morgan fingerprint density at radius 2 is 2.22 bits per heavy atom. The van der Waals surface area contributed by atoms with Crippen LogP contribution in [0.15, 0.2) is 42.7 Å². The Bertz CT molecular complexity index is 539. The molecule has 2 heterocycles. The van der Waals surface area contributed by atoms with Gasteiger partial charge in [0.1, 0.15) is 5.75 Å². The number of para-hydroxylation sites is 1. The predicted octanol–water partition coefficient (Wildman–Crippen LogP) is 2.57. The summed E-state index contributed by atoms with van der Waals surface area (Å²) in [7, 11) is 0. The fourth-order valence-electron chi connectivity index (χ4n) is 2.49. The van der Waals surface area contributed by atoms with E-state index in [0.29, 0.717) is 12.5 Å². The van der Waals surface area contributed by atoms with Crippen LogP contribution in [0.1, 0.15) is 17.9 Å². The van der Waals surface area contributed by atoms with Crippen LogP contribution in [0.3, 0.4) is 0 Å². The van der Waals surface area contributed by atoms with Crippen LogP contribution in [0, 0.1) is 0 Å². The molecule has 2 N–H and O–H groups in total. The zero-order valence-electron chi connectivity index (χ0n) is 10.2. The van der Waals surface area contributed by atoms with Crippen LogP contribution < -0.4 is 10.5 Å². The van der Waals surface area contributed by atoms with Crippen LogP contribution in [0.5, 0.6) is 5.75 Å². The maximum atomic E-state index is 5.86. The lowest BCUT2D eigenvalue weighted by Gasteiger charge is -2.26. The van der Waals surface area contributed by atoms with Crippen LogP contribution in [-0.4, -0.2) is 18.1 Å². The van der Waals surface area contributed by atoms with Crippen molar-refractivity contribution < 1.29 is 4.74 Å². The summed E-state index contributed by atoms with van der Waals surface area (Å²) in [6.07, 6.45) is 4.65. The van der Waals surface area contributed by atoms with E-state index in [0.717, 1.165) is 29.9 Å². The topological polar surface area (TPSA) is 48.1 Å². The first kappa shape index (κ1) is 11.2. The predicted molar refractivity (Wildman–Crippen MR) is 71.6 cm³/mol. The second kappa shape index (κ2) is 4.78. The first-order valence-electron chi connectivity index (χ1n) is 6.26. The third kappa shape index (κ3) is 1.87. The van der Waals surface area contributed by atoms with E-state index in [9.17, 15) is 0 Å². The molecule has 3 heteroatoms. The van der Waals surface area contributed by atoms with Gasteiger partial charge in [-0.3, -0.25) is 4.98 Å². The summed E-state index contributed by atoms with van der Waals surface area (Å²) < 4.78 is 5.86. The van der Waals surface area contributed by atoms with E-state index in [4.69, 9.17) is 10.5 Å². The maximum Gasteiger partial charge on any atom is 0.130 e. The normalized spacial score (nSPS) is 17.9. The highest BCUT2D eigenvalue weighted by atomic mass is 16.5. The quantitative estimate of drug-likeness (QED) is 0.877. The summed E-state index contributed by atoms with van der Waals surface area (Å²) in [5.41, 5.74) is 9.27. The molecule has 3 rings (SSSR count). The standard InChI is InChI=1S/C15H16N2O/c16-9-11-6-8-18-15-13(11)4-1-5-14(15)12-3-2-7-17-10-12/h1-5,7,10-11H,6,8-9,16H2/t11-/m1/s1. The number of rotatable bonds is 2. The van der Waals surface area contributed by atoms with Gasteiger partial charge in [0.25, 0.3) is 0 Å². The number of hydrogen-bond acceptors (Lipinski definition) is 3. The van der Waals surface area contributed by atoms with Gasteiger partial charge >= 0.3 is 0 Å². The average Bonchev–Trinajstić information content (AvgIpc) is 2.47. The molecule has 1 aromatic heterocycles. The third-order valence-corrected chi connectivity index (χ3v) is 3.46. The Morgan fingerprint density at radius 1 is 1.28 bits per heavy atom. The van der Waals surface area contributed by atoms with Gasteiger partial charge in [0.05, 0.1) is 6.61 Å². The van der Waals surface area contributed by atoms with E-state index in [1.54, 1.807) is 6.20 Å². The molecular formula is C15H16N2O. The summed E-state index contributed by atoms with van der Waals surface area (Å²) in [4.78, 5) is 4.17. The lowest BCUT2D eigenvalue weighted by atomic mass is 9.90. The molecule has 1 atom stereocenters. The Hall–Kier alpha value is -1.87. The van der Waals surface area contributed by atoms with Crippen molar-refractivity contribution in [1.82, 2.24) is 4.98 Å². The molecule has 0 fully saturated rings. The SMILES string of the molecule is NC[C@H]1CCOc2c(-c3cccnc3)cccc21. The second-order valence-corrected chi connectivity index (χ2v) is 4.54. The molecule has 0 aliphatic carbocycles. The van der Waals surface area contributed by atoms with Crippen LogP contribution >= 0.6 is 0 Å². The van der Waals surface area contributed by atoms with Crippen molar-refractivity contribution in [2.24, 2.45) is 5.73 Å². The smallest absolute Gasteiger partial charge is 0.130 e. The highest BCUT2D eigenvalue weighted by Crippen LogP contribution is 2.40. The van der Waals surface area contributed by atoms with Gasteiger partial charge < -0.3 is 10.5 Å². The molecule has 2 aromatic rings. The van der Waals surface area contributed by atoms with E-state index in [1.807, 2.05) is 12.3 Å². The van der Waals surface area contributed by atoms with Crippen LogP contribution in [0.2, 0.25) is 0 Å². The molecule has 0 bridgehead atoms. The van der Waals surface area contributed by atoms with E-state index in [2.05, 4.69) is 29.2 Å². The molecule has 0 unspecified atom stereocenters. The first-order valence-corrected chi connectivity index (χ1v) is 6.26. The zero-order valence-corrected chi connectivity index (χ0v) is 10.2. The zero-order chi connectivity index (χ0) is 12.4. The molecule has 92 valence electrons. The third-order valence-electron chi connectivity index (χ3n) is 3.46. The van der Waals surface area contributed by atoms with Gasteiger partial charge in [0.2, 0.25) is 0 Å². The number of fused-ring (bicyclic) bond motifs is 1. The van der Waals surface area contributed by atoms with Gasteiger partial charge in [-0.25, -0.2) is 0 Å². The van der Waals surface area contributed by atoms with E-state index in [1.165, 1.54) is 5.56 Å². The van der Waals surface area contributed by atoms with Crippen LogP contribution in [0.25, 0.3) is 11.1 Å². The molecule has 0 amide bonds. The molecule has 0 radical (unpaired) electrons. The van der Waals surface area contributed by atoms with Crippen LogP contribution in [0.4, 0.5) is 0 Å². The van der Waals surface area contributed by atoms with E-state index in [-0.39, 0.29) is 0 Å². The maximum absolute atomic E-state index is 5.86. The highest BCUT2D eigenvalue weighted by Gasteiger charge is 2.22. The van der Waals surface area contributed by atoms with Gasteiger partial charge in [0, 0.05) is 29.4 Å². The van der Waals surface area contributed by atoms with Gasteiger partial charge in [-0.15, -0.1) is 0 Å². The molecule has 18 heavy (non-hydrogen) atoms. The number of nitrogens with zero attached hydrogens (tertiary/aromatic N) is 1. The lowest BCUT2D eigenvalue weighted by molar-refractivity contribution is 0.270. The van der Waals surface area contributed by atoms with Gasteiger partial charge in [-0.1, -0.05) is 24.3 Å². The largest absolute Gasteiger partial charge is 0.493 e. The monoisotopic (exact) mass is 240 g/mol. The minimum Gasteiger partial charge on any atom is -0.493 e. The number of aromatic nitrogens is 1. The summed E-state index contributed by atoms with van der Waals surface area (Å²) >= 11 is 0. The highest BCUT2D eigenvalue weighted by molar-refractivity contribution is 5.72. The fraction of sp³-hybridized carbons (Fsp3) is 0.267.